The summed E-state index contributed by atoms with van der Waals surface area (Å²) in [6, 6.07) is 7.11. The highest BCUT2D eigenvalue weighted by Crippen LogP contribution is 2.15. The highest BCUT2D eigenvalue weighted by atomic mass is 16.5. The van der Waals surface area contributed by atoms with Crippen LogP contribution in [0.5, 0.6) is 5.75 Å². The lowest BCUT2D eigenvalue weighted by molar-refractivity contribution is -0.127. The molecule has 0 aliphatic rings. The molecule has 0 bridgehead atoms. The summed E-state index contributed by atoms with van der Waals surface area (Å²) >= 11 is 0. The Hall–Kier alpha value is -2.08. The first-order chi connectivity index (χ1) is 9.52. The van der Waals surface area contributed by atoms with Crippen LogP contribution in [0, 0.1) is 0 Å². The quantitative estimate of drug-likeness (QED) is 0.771. The second-order valence-electron chi connectivity index (χ2n) is 4.39. The summed E-state index contributed by atoms with van der Waals surface area (Å²) in [5.74, 6) is 0.619. The average molecular weight is 279 g/mol. The van der Waals surface area contributed by atoms with Gasteiger partial charge in [0, 0.05) is 19.7 Å². The van der Waals surface area contributed by atoms with E-state index >= 15 is 0 Å². The molecule has 20 heavy (non-hydrogen) atoms. The van der Waals surface area contributed by atoms with Crippen LogP contribution in [0.3, 0.4) is 0 Å². The van der Waals surface area contributed by atoms with Crippen LogP contribution >= 0.6 is 0 Å². The molecule has 0 saturated carbocycles. The third-order valence-corrected chi connectivity index (χ3v) is 2.71. The molecule has 0 heterocycles. The van der Waals surface area contributed by atoms with E-state index in [4.69, 9.17) is 4.74 Å². The molecule has 0 aliphatic heterocycles. The lowest BCUT2D eigenvalue weighted by Gasteiger charge is -2.15. The van der Waals surface area contributed by atoms with E-state index in [1.165, 1.54) is 6.92 Å². The lowest BCUT2D eigenvalue weighted by Crippen LogP contribution is -2.28. The fourth-order valence-electron chi connectivity index (χ4n) is 1.46. The van der Waals surface area contributed by atoms with Gasteiger partial charge in [-0.15, -0.1) is 0 Å². The molecule has 2 N–H and O–H groups in total. The Morgan fingerprint density at radius 3 is 2.45 bits per heavy atom. The molecule has 6 heteroatoms. The van der Waals surface area contributed by atoms with Crippen LogP contribution in [0.15, 0.2) is 24.3 Å². The molecule has 1 aromatic carbocycles. The van der Waals surface area contributed by atoms with Crippen LogP contribution in [0.25, 0.3) is 0 Å². The summed E-state index contributed by atoms with van der Waals surface area (Å²) in [5, 5.41) is 5.53. The van der Waals surface area contributed by atoms with E-state index in [0.717, 1.165) is 5.69 Å². The number of hydrogen-bond acceptors (Lipinski definition) is 4. The average Bonchev–Trinajstić information content (AvgIpc) is 2.40. The highest BCUT2D eigenvalue weighted by molar-refractivity contribution is 5.92. The van der Waals surface area contributed by atoms with Gasteiger partial charge in [0.05, 0.1) is 13.1 Å². The van der Waals surface area contributed by atoms with Crippen LogP contribution in [0.2, 0.25) is 0 Å². The van der Waals surface area contributed by atoms with Crippen molar-refractivity contribution < 1.29 is 14.3 Å². The largest absolute Gasteiger partial charge is 0.492 e. The smallest absolute Gasteiger partial charge is 0.238 e. The van der Waals surface area contributed by atoms with Gasteiger partial charge >= 0.3 is 0 Å². The number of carbonyl (C=O) groups is 2. The van der Waals surface area contributed by atoms with Crippen molar-refractivity contribution >= 4 is 17.5 Å². The standard InChI is InChI=1S/C14H21N3O3/c1-11(18)17(3)8-9-20-13-6-4-12(5-7-13)16-14(19)10-15-2/h4-7,15H,8-10H2,1-3H3,(H,16,19). The van der Waals surface area contributed by atoms with Gasteiger partial charge in [0.2, 0.25) is 11.8 Å². The van der Waals surface area contributed by atoms with E-state index in [1.54, 1.807) is 43.3 Å². The first-order valence-electron chi connectivity index (χ1n) is 6.42. The van der Waals surface area contributed by atoms with Crippen molar-refractivity contribution in [1.29, 1.82) is 0 Å². The van der Waals surface area contributed by atoms with Gasteiger partial charge < -0.3 is 20.3 Å². The first-order valence-corrected chi connectivity index (χ1v) is 6.42. The Balaban J connectivity index is 2.39. The van der Waals surface area contributed by atoms with Crippen LogP contribution in [0.4, 0.5) is 5.69 Å². The third-order valence-electron chi connectivity index (χ3n) is 2.71. The molecule has 0 spiro atoms. The summed E-state index contributed by atoms with van der Waals surface area (Å²) < 4.78 is 5.52. The summed E-state index contributed by atoms with van der Waals surface area (Å²) in [7, 11) is 3.45. The molecule has 0 atom stereocenters. The minimum absolute atomic E-state index is 0.0104. The number of rotatable bonds is 7. The number of carbonyl (C=O) groups excluding carboxylic acids is 2. The number of likely N-dealkylation sites (N-methyl/N-ethyl adjacent to an activating group) is 2. The van der Waals surface area contributed by atoms with Gasteiger partial charge in [-0.2, -0.15) is 0 Å². The zero-order chi connectivity index (χ0) is 15.0. The second-order valence-corrected chi connectivity index (χ2v) is 4.39. The predicted molar refractivity (Wildman–Crippen MR) is 77.8 cm³/mol. The van der Waals surface area contributed by atoms with Crippen molar-refractivity contribution in [2.45, 2.75) is 6.92 Å². The van der Waals surface area contributed by atoms with E-state index in [0.29, 0.717) is 18.9 Å². The van der Waals surface area contributed by atoms with E-state index < -0.39 is 0 Å². The first kappa shape index (κ1) is 16.0. The fraction of sp³-hybridized carbons (Fsp3) is 0.429. The van der Waals surface area contributed by atoms with E-state index in [1.807, 2.05) is 0 Å². The van der Waals surface area contributed by atoms with Crippen molar-refractivity contribution in [1.82, 2.24) is 10.2 Å². The molecule has 6 nitrogen and oxygen atoms in total. The maximum absolute atomic E-state index is 11.4. The Labute approximate surface area is 119 Å². The molecule has 0 aliphatic carbocycles. The van der Waals surface area contributed by atoms with Crippen molar-refractivity contribution in [2.24, 2.45) is 0 Å². The molecule has 1 aromatic rings. The van der Waals surface area contributed by atoms with Crippen LogP contribution < -0.4 is 15.4 Å². The van der Waals surface area contributed by atoms with Crippen molar-refractivity contribution in [3.05, 3.63) is 24.3 Å². The number of amides is 2. The zero-order valence-electron chi connectivity index (χ0n) is 12.1. The minimum atomic E-state index is -0.0933. The van der Waals surface area contributed by atoms with E-state index in [2.05, 4.69) is 10.6 Å². The van der Waals surface area contributed by atoms with Gasteiger partial charge in [-0.1, -0.05) is 0 Å². The van der Waals surface area contributed by atoms with Gasteiger partial charge in [0.25, 0.3) is 0 Å². The van der Waals surface area contributed by atoms with Gasteiger partial charge in [-0.05, 0) is 31.3 Å². The number of anilines is 1. The van der Waals surface area contributed by atoms with Gasteiger partial charge in [-0.25, -0.2) is 0 Å². The van der Waals surface area contributed by atoms with Gasteiger partial charge in [0.1, 0.15) is 12.4 Å². The van der Waals surface area contributed by atoms with Crippen molar-refractivity contribution in [3.63, 3.8) is 0 Å². The number of nitrogens with one attached hydrogen (secondary N) is 2. The highest BCUT2D eigenvalue weighted by Gasteiger charge is 2.03. The number of hydrogen-bond donors (Lipinski definition) is 2. The molecule has 0 radical (unpaired) electrons. The minimum Gasteiger partial charge on any atom is -0.492 e. The Morgan fingerprint density at radius 2 is 1.90 bits per heavy atom. The Bertz CT molecular complexity index is 445. The van der Waals surface area contributed by atoms with Crippen LogP contribution in [-0.4, -0.2) is 50.5 Å². The summed E-state index contributed by atoms with van der Waals surface area (Å²) in [4.78, 5) is 24.0. The van der Waals surface area contributed by atoms with Crippen LogP contribution in [-0.2, 0) is 9.59 Å². The van der Waals surface area contributed by atoms with Crippen molar-refractivity contribution in [3.8, 4) is 5.75 Å². The Morgan fingerprint density at radius 1 is 1.25 bits per heavy atom. The molecule has 0 unspecified atom stereocenters. The molecule has 0 fully saturated rings. The second kappa shape index (κ2) is 8.16. The molecule has 0 aromatic heterocycles. The predicted octanol–water partition coefficient (Wildman–Crippen LogP) is 0.702. The molecular formula is C14H21N3O3. The number of nitrogens with zero attached hydrogens (tertiary/aromatic N) is 1. The van der Waals surface area contributed by atoms with Gasteiger partial charge in [-0.3, -0.25) is 9.59 Å². The Kier molecular flexibility index (Phi) is 6.52. The summed E-state index contributed by atoms with van der Waals surface area (Å²) in [6.45, 7) is 2.76. The zero-order valence-corrected chi connectivity index (χ0v) is 12.1. The topological polar surface area (TPSA) is 70.7 Å². The van der Waals surface area contributed by atoms with Crippen LogP contribution in [0.1, 0.15) is 6.92 Å². The maximum Gasteiger partial charge on any atom is 0.238 e. The third kappa shape index (κ3) is 5.71. The monoisotopic (exact) mass is 279 g/mol. The van der Waals surface area contributed by atoms with Gasteiger partial charge in [0.15, 0.2) is 0 Å². The molecule has 2 amide bonds. The molecular weight excluding hydrogens is 258 g/mol. The normalized spacial score (nSPS) is 9.95. The lowest BCUT2D eigenvalue weighted by atomic mass is 10.3. The molecule has 0 saturated heterocycles. The number of benzene rings is 1. The summed E-state index contributed by atoms with van der Waals surface area (Å²) in [6.07, 6.45) is 0. The SMILES string of the molecule is CNCC(=O)Nc1ccc(OCCN(C)C(C)=O)cc1. The molecule has 1 rings (SSSR count). The van der Waals surface area contributed by atoms with Crippen molar-refractivity contribution in [2.75, 3.05) is 39.1 Å². The fourth-order valence-corrected chi connectivity index (χ4v) is 1.46. The molecule has 110 valence electrons. The van der Waals surface area contributed by atoms with E-state index in [-0.39, 0.29) is 18.4 Å². The summed E-state index contributed by atoms with van der Waals surface area (Å²) in [5.41, 5.74) is 0.721. The maximum atomic E-state index is 11.4. The number of ether oxygens (including phenoxy) is 1. The van der Waals surface area contributed by atoms with E-state index in [9.17, 15) is 9.59 Å².